The summed E-state index contributed by atoms with van der Waals surface area (Å²) in [4.78, 5) is 21.3. The predicted octanol–water partition coefficient (Wildman–Crippen LogP) is 2.70. The van der Waals surface area contributed by atoms with Crippen LogP contribution in [0.25, 0.3) is 0 Å². The van der Waals surface area contributed by atoms with Gasteiger partial charge in [-0.1, -0.05) is 30.3 Å². The van der Waals surface area contributed by atoms with Crippen LogP contribution in [0.1, 0.15) is 42.6 Å². The number of carbonyl (C=O) groups excluding carboxylic acids is 1. The Labute approximate surface area is 183 Å². The number of benzene rings is 1. The third-order valence-corrected chi connectivity index (χ3v) is 8.51. The Morgan fingerprint density at radius 2 is 1.84 bits per heavy atom. The molecule has 2 aromatic rings. The first-order valence-corrected chi connectivity index (χ1v) is 12.3. The van der Waals surface area contributed by atoms with E-state index in [0.29, 0.717) is 18.7 Å². The second-order valence-corrected chi connectivity index (χ2v) is 10.7. The predicted molar refractivity (Wildman–Crippen MR) is 118 cm³/mol. The van der Waals surface area contributed by atoms with Crippen LogP contribution in [-0.4, -0.2) is 55.1 Å². The topological polar surface area (TPSA) is 94.4 Å². The van der Waals surface area contributed by atoms with Crippen LogP contribution in [-0.2, 0) is 14.6 Å². The fourth-order valence-electron chi connectivity index (χ4n) is 4.58. The maximum Gasteiger partial charge on any atom is 0.223 e. The molecule has 3 heterocycles. The lowest BCUT2D eigenvalue weighted by molar-refractivity contribution is -0.131. The summed E-state index contributed by atoms with van der Waals surface area (Å²) in [6.07, 6.45) is 3.53. The molecule has 7 nitrogen and oxygen atoms in total. The molecule has 8 heteroatoms. The lowest BCUT2D eigenvalue weighted by Crippen LogP contribution is -2.55. The Bertz CT molecular complexity index is 1070. The number of nitriles is 1. The van der Waals surface area contributed by atoms with Crippen molar-refractivity contribution in [1.82, 2.24) is 9.88 Å². The van der Waals surface area contributed by atoms with Gasteiger partial charge in [-0.25, -0.2) is 13.4 Å². The molecule has 0 radical (unpaired) electrons. The molecule has 2 aliphatic heterocycles. The number of sulfone groups is 1. The molecule has 2 bridgehead atoms. The molecule has 31 heavy (non-hydrogen) atoms. The Balaban J connectivity index is 1.37. The van der Waals surface area contributed by atoms with E-state index in [9.17, 15) is 13.2 Å². The van der Waals surface area contributed by atoms with Crippen LogP contribution >= 0.6 is 0 Å². The van der Waals surface area contributed by atoms with E-state index in [-0.39, 0.29) is 30.2 Å². The monoisotopic (exact) mass is 438 g/mol. The van der Waals surface area contributed by atoms with Crippen molar-refractivity contribution in [2.24, 2.45) is 0 Å². The normalized spacial score (nSPS) is 21.5. The van der Waals surface area contributed by atoms with Crippen LogP contribution in [0.4, 0.5) is 5.82 Å². The second kappa shape index (κ2) is 8.67. The van der Waals surface area contributed by atoms with E-state index in [1.165, 1.54) is 0 Å². The Morgan fingerprint density at radius 1 is 1.16 bits per heavy atom. The van der Waals surface area contributed by atoms with E-state index in [1.807, 2.05) is 29.2 Å². The summed E-state index contributed by atoms with van der Waals surface area (Å²) in [6, 6.07) is 15.1. The molecule has 1 aromatic carbocycles. The summed E-state index contributed by atoms with van der Waals surface area (Å²) >= 11 is 0. The zero-order valence-corrected chi connectivity index (χ0v) is 18.3. The molecule has 0 aliphatic carbocycles. The van der Waals surface area contributed by atoms with Crippen molar-refractivity contribution in [2.75, 3.05) is 23.7 Å². The molecular weight excluding hydrogens is 412 g/mol. The average molecular weight is 439 g/mol. The number of likely N-dealkylation sites (tertiary alicyclic amines) is 1. The minimum Gasteiger partial charge on any atom is -0.347 e. The molecule has 2 fully saturated rings. The van der Waals surface area contributed by atoms with Gasteiger partial charge < -0.3 is 9.80 Å². The second-order valence-electron chi connectivity index (χ2n) is 8.28. The van der Waals surface area contributed by atoms with Gasteiger partial charge in [0.2, 0.25) is 5.91 Å². The van der Waals surface area contributed by atoms with Crippen molar-refractivity contribution < 1.29 is 13.2 Å². The first-order valence-electron chi connectivity index (χ1n) is 10.6. The Kier molecular flexibility index (Phi) is 5.96. The number of aromatic nitrogens is 1. The zero-order valence-electron chi connectivity index (χ0n) is 17.5. The maximum atomic E-state index is 12.8. The van der Waals surface area contributed by atoms with Crippen LogP contribution in [0.3, 0.4) is 0 Å². The molecule has 2 saturated heterocycles. The van der Waals surface area contributed by atoms with Crippen molar-refractivity contribution in [2.45, 2.75) is 43.5 Å². The molecule has 0 spiro atoms. The number of carbonyl (C=O) groups is 1. The van der Waals surface area contributed by atoms with Crippen LogP contribution < -0.4 is 4.90 Å². The first-order chi connectivity index (χ1) is 14.9. The number of amides is 1. The zero-order chi connectivity index (χ0) is 22.0. The number of rotatable bonds is 6. The maximum absolute atomic E-state index is 12.8. The van der Waals surface area contributed by atoms with Gasteiger partial charge in [-0.3, -0.25) is 4.79 Å². The minimum atomic E-state index is -3.41. The molecule has 2 aliphatic rings. The van der Waals surface area contributed by atoms with Crippen LogP contribution in [0.15, 0.2) is 48.7 Å². The lowest BCUT2D eigenvalue weighted by atomic mass is 10.1. The summed E-state index contributed by atoms with van der Waals surface area (Å²) in [5.41, 5.74) is 1.27. The summed E-state index contributed by atoms with van der Waals surface area (Å²) in [5, 5.41) is 8.34. The summed E-state index contributed by atoms with van der Waals surface area (Å²) in [6.45, 7) is 2.83. The van der Waals surface area contributed by atoms with Gasteiger partial charge in [0.15, 0.2) is 9.84 Å². The highest BCUT2D eigenvalue weighted by atomic mass is 32.2. The molecule has 0 N–H and O–H groups in total. The van der Waals surface area contributed by atoms with Gasteiger partial charge in [-0.05, 0) is 37.5 Å². The summed E-state index contributed by atoms with van der Waals surface area (Å²) < 4.78 is 25.5. The Morgan fingerprint density at radius 3 is 2.42 bits per heavy atom. The highest BCUT2D eigenvalue weighted by molar-refractivity contribution is 7.91. The SMILES string of the molecule is CC(c1ccccc1)S(=O)(=O)CCC(=O)N1CC2CCC(C1)N2c1ccc(C#N)cn1. The van der Waals surface area contributed by atoms with Crippen molar-refractivity contribution in [3.8, 4) is 6.07 Å². The average Bonchev–Trinajstić information content (AvgIpc) is 3.06. The number of nitrogens with zero attached hydrogens (tertiary/aromatic N) is 4. The fraction of sp³-hybridized carbons (Fsp3) is 0.435. The molecule has 3 unspecified atom stereocenters. The fourth-order valence-corrected chi connectivity index (χ4v) is 5.97. The van der Waals surface area contributed by atoms with Crippen LogP contribution in [0.2, 0.25) is 0 Å². The van der Waals surface area contributed by atoms with Crippen molar-refractivity contribution in [3.63, 3.8) is 0 Å². The number of anilines is 1. The molecule has 1 aromatic heterocycles. The van der Waals surface area contributed by atoms with E-state index >= 15 is 0 Å². The molecule has 0 saturated carbocycles. The van der Waals surface area contributed by atoms with E-state index in [2.05, 4.69) is 16.0 Å². The van der Waals surface area contributed by atoms with Crippen LogP contribution in [0, 0.1) is 11.3 Å². The Hall–Kier alpha value is -2.92. The van der Waals surface area contributed by atoms with E-state index in [4.69, 9.17) is 5.26 Å². The smallest absolute Gasteiger partial charge is 0.223 e. The molecule has 3 atom stereocenters. The van der Waals surface area contributed by atoms with Gasteiger partial charge in [-0.15, -0.1) is 0 Å². The van der Waals surface area contributed by atoms with Gasteiger partial charge in [0.05, 0.1) is 16.6 Å². The third kappa shape index (κ3) is 4.42. The van der Waals surface area contributed by atoms with E-state index < -0.39 is 15.1 Å². The van der Waals surface area contributed by atoms with Crippen molar-refractivity contribution in [3.05, 3.63) is 59.8 Å². The molecule has 4 rings (SSSR count). The van der Waals surface area contributed by atoms with Gasteiger partial charge in [0.1, 0.15) is 11.9 Å². The van der Waals surface area contributed by atoms with E-state index in [1.54, 1.807) is 31.3 Å². The van der Waals surface area contributed by atoms with E-state index in [0.717, 1.165) is 24.2 Å². The first kappa shape index (κ1) is 21.3. The number of fused-ring (bicyclic) bond motifs is 2. The number of hydrogen-bond acceptors (Lipinski definition) is 6. The largest absolute Gasteiger partial charge is 0.347 e. The standard InChI is InChI=1S/C23H26N4O3S/c1-17(19-5-3-2-4-6-19)31(29,30)12-11-23(28)26-15-20-8-9-21(16-26)27(20)22-10-7-18(13-24)14-25-22/h2-7,10,14,17,20-21H,8-9,11-12,15-16H2,1H3. The minimum absolute atomic E-state index is 0.00800. The lowest BCUT2D eigenvalue weighted by Gasteiger charge is -2.41. The highest BCUT2D eigenvalue weighted by Crippen LogP contribution is 2.34. The van der Waals surface area contributed by atoms with Crippen molar-refractivity contribution in [1.29, 1.82) is 5.26 Å². The molecule has 1 amide bonds. The van der Waals surface area contributed by atoms with Gasteiger partial charge in [0, 0.05) is 37.8 Å². The molecular formula is C23H26N4O3S. The number of piperazine rings is 1. The van der Waals surface area contributed by atoms with Gasteiger partial charge in [-0.2, -0.15) is 5.26 Å². The quantitative estimate of drug-likeness (QED) is 0.688. The highest BCUT2D eigenvalue weighted by Gasteiger charge is 2.42. The van der Waals surface area contributed by atoms with Crippen molar-refractivity contribution >= 4 is 21.6 Å². The van der Waals surface area contributed by atoms with Crippen LogP contribution in [0.5, 0.6) is 0 Å². The summed E-state index contributed by atoms with van der Waals surface area (Å²) in [7, 11) is -3.41. The van der Waals surface area contributed by atoms with Gasteiger partial charge >= 0.3 is 0 Å². The summed E-state index contributed by atoms with van der Waals surface area (Å²) in [5.74, 6) is 0.584. The number of hydrogen-bond donors (Lipinski definition) is 0. The number of pyridine rings is 1. The molecule has 162 valence electrons. The third-order valence-electron chi connectivity index (χ3n) is 6.38. The van der Waals surface area contributed by atoms with Gasteiger partial charge in [0.25, 0.3) is 0 Å².